The Morgan fingerprint density at radius 3 is 2.76 bits per heavy atom. The summed E-state index contributed by atoms with van der Waals surface area (Å²) in [6, 6.07) is 6.80. The van der Waals surface area contributed by atoms with Gasteiger partial charge in [-0.3, -0.25) is 0 Å². The summed E-state index contributed by atoms with van der Waals surface area (Å²) < 4.78 is 13.2. The van der Waals surface area contributed by atoms with Crippen molar-refractivity contribution in [2.45, 2.75) is 32.5 Å². The number of hydrazine groups is 1. The highest BCUT2D eigenvalue weighted by Gasteiger charge is 2.34. The van der Waals surface area contributed by atoms with E-state index in [4.69, 9.17) is 5.73 Å². The zero-order valence-electron chi connectivity index (χ0n) is 10.3. The number of nitrogens with two attached hydrogens (primary N) is 1. The summed E-state index contributed by atoms with van der Waals surface area (Å²) in [6.07, 6.45) is 0.938. The standard InChI is InChI=1S/C13H20FN3/c1-8(2)6-11-12(16-17-13(11)15)9-4-3-5-10(14)7-9/h3-5,7-8,11-13,16-17H,6,15H2,1-2H3. The van der Waals surface area contributed by atoms with E-state index in [1.54, 1.807) is 12.1 Å². The molecule has 2 rings (SSSR count). The van der Waals surface area contributed by atoms with Crippen molar-refractivity contribution in [3.63, 3.8) is 0 Å². The van der Waals surface area contributed by atoms with Crippen LogP contribution in [0.2, 0.25) is 0 Å². The number of hydrogen-bond acceptors (Lipinski definition) is 3. The lowest BCUT2D eigenvalue weighted by atomic mass is 9.86. The fourth-order valence-electron chi connectivity index (χ4n) is 2.47. The molecule has 3 unspecified atom stereocenters. The number of halogens is 1. The van der Waals surface area contributed by atoms with Crippen molar-refractivity contribution in [1.82, 2.24) is 10.9 Å². The van der Waals surface area contributed by atoms with Crippen LogP contribution in [0.1, 0.15) is 31.9 Å². The van der Waals surface area contributed by atoms with E-state index in [0.717, 1.165) is 12.0 Å². The van der Waals surface area contributed by atoms with Gasteiger partial charge < -0.3 is 5.73 Å². The Morgan fingerprint density at radius 1 is 1.35 bits per heavy atom. The first-order valence-electron chi connectivity index (χ1n) is 6.10. The lowest BCUT2D eigenvalue weighted by Crippen LogP contribution is -2.39. The topological polar surface area (TPSA) is 50.1 Å². The van der Waals surface area contributed by atoms with Crippen LogP contribution in [0.5, 0.6) is 0 Å². The molecular weight excluding hydrogens is 217 g/mol. The van der Waals surface area contributed by atoms with Crippen molar-refractivity contribution in [3.05, 3.63) is 35.6 Å². The molecule has 0 bridgehead atoms. The van der Waals surface area contributed by atoms with Crippen LogP contribution in [-0.2, 0) is 0 Å². The zero-order chi connectivity index (χ0) is 12.4. The van der Waals surface area contributed by atoms with Crippen LogP contribution in [0.4, 0.5) is 4.39 Å². The molecule has 1 saturated heterocycles. The second-order valence-electron chi connectivity index (χ2n) is 5.14. The number of benzene rings is 1. The fraction of sp³-hybridized carbons (Fsp3) is 0.538. The predicted molar refractivity (Wildman–Crippen MR) is 66.3 cm³/mol. The Bertz CT molecular complexity index is 381. The maximum Gasteiger partial charge on any atom is 0.123 e. The van der Waals surface area contributed by atoms with E-state index in [-0.39, 0.29) is 23.9 Å². The minimum absolute atomic E-state index is 0.0781. The van der Waals surface area contributed by atoms with E-state index in [1.807, 2.05) is 6.07 Å². The summed E-state index contributed by atoms with van der Waals surface area (Å²) in [5.74, 6) is 0.661. The molecule has 1 fully saturated rings. The van der Waals surface area contributed by atoms with Gasteiger partial charge >= 0.3 is 0 Å². The normalized spacial score (nSPS) is 28.9. The Hall–Kier alpha value is -0.970. The van der Waals surface area contributed by atoms with Gasteiger partial charge in [0, 0.05) is 5.92 Å². The van der Waals surface area contributed by atoms with E-state index < -0.39 is 0 Å². The quantitative estimate of drug-likeness (QED) is 0.753. The van der Waals surface area contributed by atoms with Gasteiger partial charge in [-0.05, 0) is 30.0 Å². The maximum absolute atomic E-state index is 13.2. The first-order valence-corrected chi connectivity index (χ1v) is 6.10. The lowest BCUT2D eigenvalue weighted by Gasteiger charge is -2.22. The summed E-state index contributed by atoms with van der Waals surface area (Å²) in [7, 11) is 0. The Balaban J connectivity index is 2.19. The van der Waals surface area contributed by atoms with Crippen LogP contribution in [0, 0.1) is 17.7 Å². The fourth-order valence-corrected chi connectivity index (χ4v) is 2.47. The molecule has 0 radical (unpaired) electrons. The molecule has 0 saturated carbocycles. The number of rotatable bonds is 3. The third-order valence-corrected chi connectivity index (χ3v) is 3.25. The van der Waals surface area contributed by atoms with Gasteiger partial charge in [0.2, 0.25) is 0 Å². The van der Waals surface area contributed by atoms with Gasteiger partial charge in [-0.2, -0.15) is 0 Å². The van der Waals surface area contributed by atoms with Crippen LogP contribution in [-0.4, -0.2) is 6.17 Å². The molecule has 4 N–H and O–H groups in total. The highest BCUT2D eigenvalue weighted by molar-refractivity contribution is 5.22. The van der Waals surface area contributed by atoms with Gasteiger partial charge in [0.25, 0.3) is 0 Å². The van der Waals surface area contributed by atoms with Crippen molar-refractivity contribution in [1.29, 1.82) is 0 Å². The van der Waals surface area contributed by atoms with Crippen molar-refractivity contribution >= 4 is 0 Å². The summed E-state index contributed by atoms with van der Waals surface area (Å²) in [6.45, 7) is 4.35. The molecule has 0 aliphatic carbocycles. The van der Waals surface area contributed by atoms with E-state index in [2.05, 4.69) is 24.7 Å². The highest BCUT2D eigenvalue weighted by atomic mass is 19.1. The van der Waals surface area contributed by atoms with E-state index in [0.29, 0.717) is 5.92 Å². The minimum atomic E-state index is -0.201. The van der Waals surface area contributed by atoms with Gasteiger partial charge in [0.15, 0.2) is 0 Å². The van der Waals surface area contributed by atoms with Gasteiger partial charge in [-0.25, -0.2) is 15.2 Å². The number of nitrogens with one attached hydrogen (secondary N) is 2. The Kier molecular flexibility index (Phi) is 3.76. The highest BCUT2D eigenvalue weighted by Crippen LogP contribution is 2.31. The zero-order valence-corrected chi connectivity index (χ0v) is 10.3. The average molecular weight is 237 g/mol. The molecule has 0 spiro atoms. The summed E-state index contributed by atoms with van der Waals surface area (Å²) in [4.78, 5) is 0. The Labute approximate surface area is 102 Å². The third kappa shape index (κ3) is 2.83. The van der Waals surface area contributed by atoms with Crippen molar-refractivity contribution in [2.75, 3.05) is 0 Å². The monoisotopic (exact) mass is 237 g/mol. The third-order valence-electron chi connectivity index (χ3n) is 3.25. The molecule has 4 heteroatoms. The molecule has 1 aliphatic rings. The summed E-state index contributed by atoms with van der Waals surface area (Å²) >= 11 is 0. The average Bonchev–Trinajstić information content (AvgIpc) is 2.60. The molecule has 1 aromatic carbocycles. The summed E-state index contributed by atoms with van der Waals surface area (Å²) in [5.41, 5.74) is 13.2. The first kappa shape index (κ1) is 12.5. The molecule has 1 aromatic rings. The largest absolute Gasteiger partial charge is 0.315 e. The van der Waals surface area contributed by atoms with Gasteiger partial charge in [-0.1, -0.05) is 26.0 Å². The molecule has 3 nitrogen and oxygen atoms in total. The first-order chi connectivity index (χ1) is 8.08. The molecular formula is C13H20FN3. The maximum atomic E-state index is 13.2. The van der Waals surface area contributed by atoms with Crippen molar-refractivity contribution in [2.24, 2.45) is 17.6 Å². The summed E-state index contributed by atoms with van der Waals surface area (Å²) in [5, 5.41) is 0. The van der Waals surface area contributed by atoms with Crippen LogP contribution >= 0.6 is 0 Å². The van der Waals surface area contributed by atoms with Crippen LogP contribution in [0.3, 0.4) is 0 Å². The second-order valence-corrected chi connectivity index (χ2v) is 5.14. The van der Waals surface area contributed by atoms with Gasteiger partial charge in [0.1, 0.15) is 5.82 Å². The van der Waals surface area contributed by atoms with E-state index in [9.17, 15) is 4.39 Å². The minimum Gasteiger partial charge on any atom is -0.315 e. The van der Waals surface area contributed by atoms with Crippen molar-refractivity contribution in [3.8, 4) is 0 Å². The predicted octanol–water partition coefficient (Wildman–Crippen LogP) is 1.92. The van der Waals surface area contributed by atoms with Crippen molar-refractivity contribution < 1.29 is 4.39 Å². The number of hydrogen-bond donors (Lipinski definition) is 3. The molecule has 0 aromatic heterocycles. The van der Waals surface area contributed by atoms with Gasteiger partial charge in [0.05, 0.1) is 12.2 Å². The molecule has 1 aliphatic heterocycles. The molecule has 94 valence electrons. The lowest BCUT2D eigenvalue weighted by molar-refractivity contribution is 0.344. The molecule has 1 heterocycles. The van der Waals surface area contributed by atoms with Crippen LogP contribution < -0.4 is 16.6 Å². The van der Waals surface area contributed by atoms with E-state index >= 15 is 0 Å². The molecule has 17 heavy (non-hydrogen) atoms. The second kappa shape index (κ2) is 5.12. The SMILES string of the molecule is CC(C)CC1C(N)NNC1c1cccc(F)c1. The van der Waals surface area contributed by atoms with Crippen LogP contribution in [0.15, 0.2) is 24.3 Å². The van der Waals surface area contributed by atoms with Gasteiger partial charge in [-0.15, -0.1) is 0 Å². The Morgan fingerprint density at radius 2 is 2.12 bits per heavy atom. The smallest absolute Gasteiger partial charge is 0.123 e. The van der Waals surface area contributed by atoms with E-state index in [1.165, 1.54) is 6.07 Å². The molecule has 3 atom stereocenters. The van der Waals surface area contributed by atoms with Crippen LogP contribution in [0.25, 0.3) is 0 Å². The molecule has 0 amide bonds.